The Labute approximate surface area is 166 Å². The SMILES string of the molecule is CNc1nc(C)nc2c(CCCCN3CCN(c4ccccc4)CC3)cnn12. The third kappa shape index (κ3) is 4.09. The molecule has 2 aromatic heterocycles. The largest absolute Gasteiger partial charge is 0.369 e. The van der Waals surface area contributed by atoms with Crippen LogP contribution in [0.3, 0.4) is 0 Å². The van der Waals surface area contributed by atoms with Gasteiger partial charge in [0, 0.05) is 44.5 Å². The average Bonchev–Trinajstić information content (AvgIpc) is 3.14. The second-order valence-corrected chi connectivity index (χ2v) is 7.37. The van der Waals surface area contributed by atoms with Crippen molar-refractivity contribution in [2.24, 2.45) is 0 Å². The van der Waals surface area contributed by atoms with Gasteiger partial charge in [-0.3, -0.25) is 4.90 Å². The molecule has 3 heterocycles. The average molecular weight is 380 g/mol. The minimum atomic E-state index is 0.741. The number of anilines is 2. The zero-order chi connectivity index (χ0) is 19.3. The highest BCUT2D eigenvalue weighted by atomic mass is 15.3. The van der Waals surface area contributed by atoms with Crippen LogP contribution in [-0.4, -0.2) is 64.3 Å². The summed E-state index contributed by atoms with van der Waals surface area (Å²) in [5.74, 6) is 1.51. The van der Waals surface area contributed by atoms with Gasteiger partial charge in [0.15, 0.2) is 5.65 Å². The zero-order valence-corrected chi connectivity index (χ0v) is 16.8. The molecule has 0 saturated carbocycles. The van der Waals surface area contributed by atoms with Crippen LogP contribution < -0.4 is 10.2 Å². The van der Waals surface area contributed by atoms with Crippen molar-refractivity contribution in [3.8, 4) is 0 Å². The van der Waals surface area contributed by atoms with Crippen molar-refractivity contribution >= 4 is 17.3 Å². The Kier molecular flexibility index (Phi) is 5.71. The Morgan fingerprint density at radius 2 is 1.79 bits per heavy atom. The number of hydrogen-bond acceptors (Lipinski definition) is 6. The monoisotopic (exact) mass is 379 g/mol. The minimum absolute atomic E-state index is 0.741. The number of aryl methyl sites for hydroxylation is 2. The van der Waals surface area contributed by atoms with Crippen LogP contribution in [0.2, 0.25) is 0 Å². The van der Waals surface area contributed by atoms with Gasteiger partial charge in [-0.25, -0.2) is 4.98 Å². The summed E-state index contributed by atoms with van der Waals surface area (Å²) < 4.78 is 1.80. The van der Waals surface area contributed by atoms with Crippen LogP contribution in [0, 0.1) is 6.92 Å². The second-order valence-electron chi connectivity index (χ2n) is 7.37. The predicted molar refractivity (Wildman–Crippen MR) is 113 cm³/mol. The number of unbranched alkanes of at least 4 members (excludes halogenated alkanes) is 1. The summed E-state index contributed by atoms with van der Waals surface area (Å²) in [6.45, 7) is 7.60. The quantitative estimate of drug-likeness (QED) is 0.637. The van der Waals surface area contributed by atoms with E-state index in [2.05, 4.69) is 60.5 Å². The number of piperazine rings is 1. The molecular formula is C21H29N7. The van der Waals surface area contributed by atoms with E-state index >= 15 is 0 Å². The Balaban J connectivity index is 1.25. The van der Waals surface area contributed by atoms with Crippen molar-refractivity contribution in [3.63, 3.8) is 0 Å². The summed E-state index contributed by atoms with van der Waals surface area (Å²) in [5, 5.41) is 7.54. The molecule has 1 aromatic carbocycles. The lowest BCUT2D eigenvalue weighted by Gasteiger charge is -2.36. The highest BCUT2D eigenvalue weighted by molar-refractivity contribution is 5.50. The van der Waals surface area contributed by atoms with Gasteiger partial charge >= 0.3 is 0 Å². The molecular weight excluding hydrogens is 350 g/mol. The van der Waals surface area contributed by atoms with E-state index in [1.54, 1.807) is 4.52 Å². The maximum atomic E-state index is 4.58. The molecule has 0 spiro atoms. The lowest BCUT2D eigenvalue weighted by atomic mass is 10.1. The molecule has 28 heavy (non-hydrogen) atoms. The van der Waals surface area contributed by atoms with Crippen molar-refractivity contribution in [2.75, 3.05) is 50.0 Å². The van der Waals surface area contributed by atoms with Crippen LogP contribution in [0.1, 0.15) is 24.2 Å². The number of fused-ring (bicyclic) bond motifs is 1. The lowest BCUT2D eigenvalue weighted by molar-refractivity contribution is 0.253. The van der Waals surface area contributed by atoms with Crippen LogP contribution in [-0.2, 0) is 6.42 Å². The molecule has 0 amide bonds. The third-order valence-corrected chi connectivity index (χ3v) is 5.44. The number of nitrogens with one attached hydrogen (secondary N) is 1. The van der Waals surface area contributed by atoms with Crippen LogP contribution in [0.5, 0.6) is 0 Å². The highest BCUT2D eigenvalue weighted by Crippen LogP contribution is 2.17. The Morgan fingerprint density at radius 3 is 2.54 bits per heavy atom. The molecule has 0 radical (unpaired) electrons. The molecule has 1 aliphatic heterocycles. The van der Waals surface area contributed by atoms with Crippen LogP contribution in [0.25, 0.3) is 5.65 Å². The number of benzene rings is 1. The molecule has 0 atom stereocenters. The van der Waals surface area contributed by atoms with Gasteiger partial charge in [0.05, 0.1) is 6.20 Å². The van der Waals surface area contributed by atoms with Crippen molar-refractivity contribution in [1.82, 2.24) is 24.5 Å². The summed E-state index contributed by atoms with van der Waals surface area (Å²) in [7, 11) is 1.86. The lowest BCUT2D eigenvalue weighted by Crippen LogP contribution is -2.46. The molecule has 7 heteroatoms. The molecule has 1 saturated heterocycles. The number of rotatable bonds is 7. The maximum Gasteiger partial charge on any atom is 0.227 e. The number of para-hydroxylation sites is 1. The first-order chi connectivity index (χ1) is 13.7. The molecule has 148 valence electrons. The van der Waals surface area contributed by atoms with Gasteiger partial charge in [-0.1, -0.05) is 18.2 Å². The normalized spacial score (nSPS) is 15.3. The smallest absolute Gasteiger partial charge is 0.227 e. The van der Waals surface area contributed by atoms with E-state index in [9.17, 15) is 0 Å². The van der Waals surface area contributed by atoms with Gasteiger partial charge in [0.1, 0.15) is 5.82 Å². The fraction of sp³-hybridized carbons (Fsp3) is 0.476. The summed E-state index contributed by atoms with van der Waals surface area (Å²) >= 11 is 0. The van der Waals surface area contributed by atoms with Crippen molar-refractivity contribution < 1.29 is 0 Å². The Hall–Kier alpha value is -2.67. The van der Waals surface area contributed by atoms with E-state index in [1.807, 2.05) is 20.2 Å². The minimum Gasteiger partial charge on any atom is -0.369 e. The topological polar surface area (TPSA) is 61.6 Å². The van der Waals surface area contributed by atoms with Gasteiger partial charge in [-0.15, -0.1) is 0 Å². The van der Waals surface area contributed by atoms with Crippen molar-refractivity contribution in [2.45, 2.75) is 26.2 Å². The molecule has 3 aromatic rings. The van der Waals surface area contributed by atoms with Crippen molar-refractivity contribution in [3.05, 3.63) is 47.9 Å². The summed E-state index contributed by atoms with van der Waals surface area (Å²) in [6.07, 6.45) is 5.29. The first-order valence-corrected chi connectivity index (χ1v) is 10.2. The van der Waals surface area contributed by atoms with E-state index in [4.69, 9.17) is 0 Å². The second kappa shape index (κ2) is 8.56. The van der Waals surface area contributed by atoms with E-state index in [0.717, 1.165) is 63.0 Å². The number of nitrogens with zero attached hydrogens (tertiary/aromatic N) is 6. The van der Waals surface area contributed by atoms with E-state index in [1.165, 1.54) is 17.7 Å². The highest BCUT2D eigenvalue weighted by Gasteiger charge is 2.17. The first-order valence-electron chi connectivity index (χ1n) is 10.2. The summed E-state index contributed by atoms with van der Waals surface area (Å²) in [5.41, 5.74) is 3.47. The van der Waals surface area contributed by atoms with E-state index in [0.29, 0.717) is 0 Å². The molecule has 0 unspecified atom stereocenters. The zero-order valence-electron chi connectivity index (χ0n) is 16.8. The van der Waals surface area contributed by atoms with Crippen LogP contribution >= 0.6 is 0 Å². The van der Waals surface area contributed by atoms with Crippen LogP contribution in [0.15, 0.2) is 36.5 Å². The van der Waals surface area contributed by atoms with E-state index < -0.39 is 0 Å². The molecule has 1 aliphatic rings. The van der Waals surface area contributed by atoms with Crippen LogP contribution in [0.4, 0.5) is 11.6 Å². The first kappa shape index (κ1) is 18.7. The van der Waals surface area contributed by atoms with Crippen molar-refractivity contribution in [1.29, 1.82) is 0 Å². The van der Waals surface area contributed by atoms with Gasteiger partial charge in [0.25, 0.3) is 0 Å². The Morgan fingerprint density at radius 1 is 1.00 bits per heavy atom. The fourth-order valence-corrected chi connectivity index (χ4v) is 3.89. The molecule has 0 aliphatic carbocycles. The number of aromatic nitrogens is 4. The Bertz CT molecular complexity index is 898. The van der Waals surface area contributed by atoms with E-state index in [-0.39, 0.29) is 0 Å². The molecule has 1 fully saturated rings. The number of hydrogen-bond donors (Lipinski definition) is 1. The summed E-state index contributed by atoms with van der Waals surface area (Å²) in [6, 6.07) is 10.7. The third-order valence-electron chi connectivity index (χ3n) is 5.44. The predicted octanol–water partition coefficient (Wildman–Crippen LogP) is 2.62. The maximum absolute atomic E-state index is 4.58. The molecule has 0 bridgehead atoms. The molecule has 1 N–H and O–H groups in total. The van der Waals surface area contributed by atoms with Gasteiger partial charge < -0.3 is 10.2 Å². The van der Waals surface area contributed by atoms with Gasteiger partial charge in [-0.2, -0.15) is 14.6 Å². The van der Waals surface area contributed by atoms with Gasteiger partial charge in [-0.05, 0) is 44.9 Å². The van der Waals surface area contributed by atoms with Gasteiger partial charge in [0.2, 0.25) is 5.95 Å². The standard InChI is InChI=1S/C21H29N7/c1-17-24-20-18(16-23-28(20)21(22-2)25-17)8-6-7-11-26-12-14-27(15-13-26)19-9-4-3-5-10-19/h3-5,9-10,16H,6-8,11-15H2,1-2H3,(H,22,24,25). The molecule has 7 nitrogen and oxygen atoms in total. The molecule has 4 rings (SSSR count). The summed E-state index contributed by atoms with van der Waals surface area (Å²) in [4.78, 5) is 14.0. The fourth-order valence-electron chi connectivity index (χ4n) is 3.89.